The normalized spacial score (nSPS) is 11.4. The molecule has 0 atom stereocenters. The van der Waals surface area contributed by atoms with Crippen LogP contribution < -0.4 is 0 Å². The molecule has 0 radical (unpaired) electrons. The number of carbonyl (C=O) groups is 2. The largest absolute Gasteiger partial charge is 0.480 e. The molecular formula is C17H16F3NO4S. The first-order valence-electron chi connectivity index (χ1n) is 7.45. The highest BCUT2D eigenvalue weighted by molar-refractivity contribution is 7.12. The van der Waals surface area contributed by atoms with Crippen LogP contribution in [0.3, 0.4) is 0 Å². The highest BCUT2D eigenvalue weighted by Crippen LogP contribution is 2.29. The second-order valence-corrected chi connectivity index (χ2v) is 6.37. The van der Waals surface area contributed by atoms with Crippen LogP contribution in [-0.2, 0) is 28.9 Å². The average Bonchev–Trinajstić information content (AvgIpc) is 3.01. The summed E-state index contributed by atoms with van der Waals surface area (Å²) in [5.74, 6) is -1.72. The molecule has 0 aliphatic rings. The van der Waals surface area contributed by atoms with Crippen molar-refractivity contribution in [2.75, 3.05) is 13.7 Å². The zero-order valence-electron chi connectivity index (χ0n) is 13.7. The minimum atomic E-state index is -4.46. The number of nitrogens with zero attached hydrogens (tertiary/aromatic N) is 1. The van der Waals surface area contributed by atoms with Gasteiger partial charge in [0.05, 0.1) is 17.0 Å². The summed E-state index contributed by atoms with van der Waals surface area (Å²) in [6.07, 6.45) is -4.46. The molecule has 0 saturated heterocycles. The van der Waals surface area contributed by atoms with Crippen LogP contribution in [0.1, 0.15) is 26.4 Å². The molecule has 5 nitrogen and oxygen atoms in total. The van der Waals surface area contributed by atoms with Crippen molar-refractivity contribution in [2.45, 2.75) is 19.3 Å². The van der Waals surface area contributed by atoms with Crippen molar-refractivity contribution in [2.24, 2.45) is 0 Å². The van der Waals surface area contributed by atoms with Gasteiger partial charge in [0.2, 0.25) is 0 Å². The Hall–Kier alpha value is -2.39. The fourth-order valence-corrected chi connectivity index (χ4v) is 3.20. The topological polar surface area (TPSA) is 66.8 Å². The zero-order chi connectivity index (χ0) is 19.3. The zero-order valence-corrected chi connectivity index (χ0v) is 14.6. The molecule has 9 heteroatoms. The Morgan fingerprint density at radius 1 is 1.19 bits per heavy atom. The molecule has 0 bridgehead atoms. The van der Waals surface area contributed by atoms with Crippen LogP contribution in [-0.4, -0.2) is 35.5 Å². The summed E-state index contributed by atoms with van der Waals surface area (Å²) in [7, 11) is 1.48. The van der Waals surface area contributed by atoms with Gasteiger partial charge in [0.1, 0.15) is 6.54 Å². The van der Waals surface area contributed by atoms with E-state index in [1.54, 1.807) is 11.4 Å². The lowest BCUT2D eigenvalue weighted by Crippen LogP contribution is -2.35. The van der Waals surface area contributed by atoms with E-state index in [2.05, 4.69) is 0 Å². The first-order valence-corrected chi connectivity index (χ1v) is 8.33. The molecule has 140 valence electrons. The number of amides is 1. The quantitative estimate of drug-likeness (QED) is 0.788. The fraction of sp³-hybridized carbons (Fsp3) is 0.294. The fourth-order valence-electron chi connectivity index (χ4n) is 2.32. The summed E-state index contributed by atoms with van der Waals surface area (Å²) in [4.78, 5) is 25.2. The van der Waals surface area contributed by atoms with E-state index in [0.29, 0.717) is 16.0 Å². The summed E-state index contributed by atoms with van der Waals surface area (Å²) in [6.45, 7) is -0.483. The van der Waals surface area contributed by atoms with Gasteiger partial charge in [0.25, 0.3) is 5.91 Å². The van der Waals surface area contributed by atoms with E-state index in [-0.39, 0.29) is 13.2 Å². The molecule has 2 rings (SSSR count). The number of hydrogen-bond donors (Lipinski definition) is 1. The number of rotatable bonds is 7. The molecule has 1 aromatic carbocycles. The molecule has 0 saturated carbocycles. The number of carboxylic acid groups (broad SMARTS) is 1. The summed E-state index contributed by atoms with van der Waals surface area (Å²) in [5.41, 5.74) is 0.223. The lowest BCUT2D eigenvalue weighted by Gasteiger charge is -2.21. The van der Waals surface area contributed by atoms with Crippen molar-refractivity contribution in [1.82, 2.24) is 4.90 Å². The maximum Gasteiger partial charge on any atom is 0.416 e. The van der Waals surface area contributed by atoms with Crippen LogP contribution in [0, 0.1) is 0 Å². The van der Waals surface area contributed by atoms with E-state index >= 15 is 0 Å². The number of hydrogen-bond acceptors (Lipinski definition) is 4. The molecule has 0 aliphatic carbocycles. The third-order valence-corrected chi connectivity index (χ3v) is 4.45. The van der Waals surface area contributed by atoms with Gasteiger partial charge in [-0.3, -0.25) is 9.59 Å². The Balaban J connectivity index is 2.23. The minimum absolute atomic E-state index is 0.117. The standard InChI is InChI=1S/C17H16F3NO4S/c1-25-10-12-6-7-26-15(12)16(24)21(9-14(22)23)8-11-2-4-13(5-3-11)17(18,19)20/h2-7H,8-10H2,1H3,(H,22,23). The number of carboxylic acids is 1. The van der Waals surface area contributed by atoms with Crippen molar-refractivity contribution < 1.29 is 32.6 Å². The van der Waals surface area contributed by atoms with Gasteiger partial charge in [0, 0.05) is 19.2 Å². The average molecular weight is 387 g/mol. The highest BCUT2D eigenvalue weighted by atomic mass is 32.1. The molecule has 0 aliphatic heterocycles. The lowest BCUT2D eigenvalue weighted by atomic mass is 10.1. The number of aliphatic carboxylic acids is 1. The highest BCUT2D eigenvalue weighted by Gasteiger charge is 2.30. The molecule has 0 spiro atoms. The SMILES string of the molecule is COCc1ccsc1C(=O)N(CC(=O)O)Cc1ccc(C(F)(F)F)cc1. The molecule has 1 amide bonds. The third kappa shape index (κ3) is 5.06. The van der Waals surface area contributed by atoms with Crippen molar-refractivity contribution in [3.8, 4) is 0 Å². The number of benzene rings is 1. The summed E-state index contributed by atoms with van der Waals surface area (Å²) in [6, 6.07) is 5.98. The summed E-state index contributed by atoms with van der Waals surface area (Å²) >= 11 is 1.16. The predicted molar refractivity (Wildman–Crippen MR) is 88.9 cm³/mol. The molecule has 2 aromatic rings. The van der Waals surface area contributed by atoms with E-state index in [1.165, 1.54) is 19.2 Å². The molecule has 1 aromatic heterocycles. The van der Waals surface area contributed by atoms with Crippen molar-refractivity contribution in [3.05, 3.63) is 57.3 Å². The van der Waals surface area contributed by atoms with Crippen LogP contribution in [0.5, 0.6) is 0 Å². The summed E-state index contributed by atoms with van der Waals surface area (Å²) in [5, 5.41) is 10.8. The van der Waals surface area contributed by atoms with Gasteiger partial charge >= 0.3 is 12.1 Å². The van der Waals surface area contributed by atoms with Gasteiger partial charge in [-0.15, -0.1) is 11.3 Å². The first-order chi connectivity index (χ1) is 12.2. The Labute approximate surface area is 151 Å². The van der Waals surface area contributed by atoms with Gasteiger partial charge in [-0.1, -0.05) is 12.1 Å². The molecule has 26 heavy (non-hydrogen) atoms. The smallest absolute Gasteiger partial charge is 0.416 e. The molecule has 1 N–H and O–H groups in total. The van der Waals surface area contributed by atoms with E-state index in [1.807, 2.05) is 0 Å². The Kier molecular flexibility index (Phi) is 6.38. The predicted octanol–water partition coefficient (Wildman–Crippen LogP) is 3.64. The van der Waals surface area contributed by atoms with E-state index in [0.717, 1.165) is 28.4 Å². The van der Waals surface area contributed by atoms with E-state index in [4.69, 9.17) is 9.84 Å². The minimum Gasteiger partial charge on any atom is -0.480 e. The molecule has 0 unspecified atom stereocenters. The van der Waals surface area contributed by atoms with Crippen LogP contribution in [0.25, 0.3) is 0 Å². The summed E-state index contributed by atoms with van der Waals surface area (Å²) < 4.78 is 42.9. The number of methoxy groups -OCH3 is 1. The van der Waals surface area contributed by atoms with Crippen LogP contribution in [0.4, 0.5) is 13.2 Å². The van der Waals surface area contributed by atoms with Crippen molar-refractivity contribution in [3.63, 3.8) is 0 Å². The van der Waals surface area contributed by atoms with E-state index < -0.39 is 30.2 Å². The maximum absolute atomic E-state index is 12.7. The number of thiophene rings is 1. The van der Waals surface area contributed by atoms with Gasteiger partial charge in [-0.25, -0.2) is 0 Å². The molecular weight excluding hydrogens is 371 g/mol. The lowest BCUT2D eigenvalue weighted by molar-refractivity contribution is -0.138. The van der Waals surface area contributed by atoms with Crippen LogP contribution in [0.15, 0.2) is 35.7 Å². The van der Waals surface area contributed by atoms with Crippen LogP contribution >= 0.6 is 11.3 Å². The maximum atomic E-state index is 12.7. The second kappa shape index (κ2) is 8.33. The monoisotopic (exact) mass is 387 g/mol. The van der Waals surface area contributed by atoms with Gasteiger partial charge in [0.15, 0.2) is 0 Å². The van der Waals surface area contributed by atoms with Crippen molar-refractivity contribution >= 4 is 23.2 Å². The van der Waals surface area contributed by atoms with Gasteiger partial charge in [-0.05, 0) is 29.1 Å². The Morgan fingerprint density at radius 2 is 1.85 bits per heavy atom. The number of alkyl halides is 3. The first kappa shape index (κ1) is 19.9. The molecule has 1 heterocycles. The second-order valence-electron chi connectivity index (χ2n) is 5.46. The number of halogens is 3. The third-order valence-electron chi connectivity index (χ3n) is 3.51. The van der Waals surface area contributed by atoms with Crippen molar-refractivity contribution in [1.29, 1.82) is 0 Å². The Bertz CT molecular complexity index is 771. The number of carbonyl (C=O) groups excluding carboxylic acids is 1. The Morgan fingerprint density at radius 3 is 2.38 bits per heavy atom. The van der Waals surface area contributed by atoms with E-state index in [9.17, 15) is 22.8 Å². The van der Waals surface area contributed by atoms with Crippen LogP contribution in [0.2, 0.25) is 0 Å². The molecule has 0 fully saturated rings. The van der Waals surface area contributed by atoms with Gasteiger partial charge in [-0.2, -0.15) is 13.2 Å². The van der Waals surface area contributed by atoms with Gasteiger partial charge < -0.3 is 14.7 Å². The number of ether oxygens (including phenoxy) is 1.